The highest BCUT2D eigenvalue weighted by Gasteiger charge is 2.28. The molecule has 2 atom stereocenters. The van der Waals surface area contributed by atoms with Crippen molar-refractivity contribution in [1.29, 1.82) is 0 Å². The summed E-state index contributed by atoms with van der Waals surface area (Å²) >= 11 is 6.01. The SMILES string of the molecule is O=C(CCC1CCNC1)NC(c1ccc(Cl)cc1)C1CCCC1. The highest BCUT2D eigenvalue weighted by Crippen LogP contribution is 2.36. The molecule has 2 fully saturated rings. The van der Waals surface area contributed by atoms with Crippen molar-refractivity contribution in [3.63, 3.8) is 0 Å². The third kappa shape index (κ3) is 4.71. The Morgan fingerprint density at radius 3 is 2.61 bits per heavy atom. The molecule has 0 aromatic heterocycles. The van der Waals surface area contributed by atoms with Crippen LogP contribution in [0.15, 0.2) is 24.3 Å². The fourth-order valence-corrected chi connectivity index (χ4v) is 4.10. The van der Waals surface area contributed by atoms with E-state index < -0.39 is 0 Å². The molecule has 1 saturated carbocycles. The van der Waals surface area contributed by atoms with Gasteiger partial charge >= 0.3 is 0 Å². The summed E-state index contributed by atoms with van der Waals surface area (Å²) in [5, 5.41) is 7.43. The van der Waals surface area contributed by atoms with E-state index in [1.54, 1.807) is 0 Å². The Kier molecular flexibility index (Phi) is 5.96. The van der Waals surface area contributed by atoms with Crippen molar-refractivity contribution in [2.45, 2.75) is 51.0 Å². The average Bonchev–Trinajstić information content (AvgIpc) is 3.25. The molecule has 0 bridgehead atoms. The van der Waals surface area contributed by atoms with Gasteiger partial charge in [0.05, 0.1) is 6.04 Å². The van der Waals surface area contributed by atoms with Gasteiger partial charge in [-0.2, -0.15) is 0 Å². The second-order valence-electron chi connectivity index (χ2n) is 7.04. The number of halogens is 1. The fourth-order valence-electron chi connectivity index (χ4n) is 3.98. The Morgan fingerprint density at radius 1 is 1.22 bits per heavy atom. The highest BCUT2D eigenvalue weighted by molar-refractivity contribution is 6.30. The molecule has 1 saturated heterocycles. The lowest BCUT2D eigenvalue weighted by atomic mass is 9.91. The van der Waals surface area contributed by atoms with Gasteiger partial charge in [0.15, 0.2) is 0 Å². The molecule has 0 radical (unpaired) electrons. The molecule has 1 amide bonds. The Hall–Kier alpha value is -1.06. The molecule has 1 aromatic rings. The van der Waals surface area contributed by atoms with Crippen molar-refractivity contribution in [1.82, 2.24) is 10.6 Å². The van der Waals surface area contributed by atoms with Crippen LogP contribution in [-0.2, 0) is 4.79 Å². The van der Waals surface area contributed by atoms with Gasteiger partial charge in [-0.15, -0.1) is 0 Å². The molecule has 1 aromatic carbocycles. The summed E-state index contributed by atoms with van der Waals surface area (Å²) in [5.74, 6) is 1.43. The van der Waals surface area contributed by atoms with Crippen molar-refractivity contribution in [2.75, 3.05) is 13.1 Å². The van der Waals surface area contributed by atoms with Crippen LogP contribution >= 0.6 is 11.6 Å². The van der Waals surface area contributed by atoms with Gasteiger partial charge in [0.2, 0.25) is 5.91 Å². The van der Waals surface area contributed by atoms with Gasteiger partial charge < -0.3 is 10.6 Å². The standard InChI is InChI=1S/C19H27ClN2O/c20-17-8-6-16(7-9-17)19(15-3-1-2-4-15)22-18(23)10-5-14-11-12-21-13-14/h6-9,14-15,19,21H,1-5,10-13H2,(H,22,23). The van der Waals surface area contributed by atoms with E-state index in [9.17, 15) is 4.79 Å². The molecule has 0 spiro atoms. The zero-order valence-corrected chi connectivity index (χ0v) is 14.4. The molecule has 1 aliphatic heterocycles. The maximum atomic E-state index is 12.4. The second kappa shape index (κ2) is 8.16. The van der Waals surface area contributed by atoms with Crippen molar-refractivity contribution in [3.8, 4) is 0 Å². The molecule has 2 N–H and O–H groups in total. The van der Waals surface area contributed by atoms with Crippen LogP contribution in [0.25, 0.3) is 0 Å². The minimum atomic E-state index is 0.143. The van der Waals surface area contributed by atoms with E-state index in [1.165, 1.54) is 37.7 Å². The van der Waals surface area contributed by atoms with Gasteiger partial charge in [-0.05, 0) is 68.3 Å². The normalized spacial score (nSPS) is 23.1. The zero-order valence-electron chi connectivity index (χ0n) is 13.7. The number of benzene rings is 1. The first-order chi connectivity index (χ1) is 11.2. The van der Waals surface area contributed by atoms with Gasteiger partial charge in [0, 0.05) is 11.4 Å². The summed E-state index contributed by atoms with van der Waals surface area (Å²) < 4.78 is 0. The first-order valence-electron chi connectivity index (χ1n) is 8.98. The minimum Gasteiger partial charge on any atom is -0.349 e. The highest BCUT2D eigenvalue weighted by atomic mass is 35.5. The molecule has 4 heteroatoms. The Balaban J connectivity index is 1.60. The zero-order chi connectivity index (χ0) is 16.1. The third-order valence-corrected chi connectivity index (χ3v) is 5.61. The van der Waals surface area contributed by atoms with Crippen molar-refractivity contribution in [3.05, 3.63) is 34.9 Å². The van der Waals surface area contributed by atoms with Crippen molar-refractivity contribution in [2.24, 2.45) is 11.8 Å². The molecule has 126 valence electrons. The predicted molar refractivity (Wildman–Crippen MR) is 94.5 cm³/mol. The molecule has 2 unspecified atom stereocenters. The van der Waals surface area contributed by atoms with Gasteiger partial charge in [-0.3, -0.25) is 4.79 Å². The molecule has 1 aliphatic carbocycles. The Morgan fingerprint density at radius 2 is 1.96 bits per heavy atom. The van der Waals surface area contributed by atoms with Gasteiger partial charge in [0.25, 0.3) is 0 Å². The Bertz CT molecular complexity index is 505. The third-order valence-electron chi connectivity index (χ3n) is 5.36. The van der Waals surface area contributed by atoms with Crippen molar-refractivity contribution < 1.29 is 4.79 Å². The lowest BCUT2D eigenvalue weighted by molar-refractivity contribution is -0.122. The lowest BCUT2D eigenvalue weighted by Crippen LogP contribution is -2.33. The molecular formula is C19H27ClN2O. The maximum absolute atomic E-state index is 12.4. The molecule has 3 rings (SSSR count). The minimum absolute atomic E-state index is 0.143. The van der Waals surface area contributed by atoms with E-state index in [1.807, 2.05) is 12.1 Å². The molecule has 23 heavy (non-hydrogen) atoms. The summed E-state index contributed by atoms with van der Waals surface area (Å²) in [6.45, 7) is 2.16. The van der Waals surface area contributed by atoms with Crippen LogP contribution in [-0.4, -0.2) is 19.0 Å². The molecule has 3 nitrogen and oxygen atoms in total. The molecule has 2 aliphatic rings. The van der Waals surface area contributed by atoms with E-state index in [0.717, 1.165) is 24.5 Å². The van der Waals surface area contributed by atoms with E-state index in [4.69, 9.17) is 11.6 Å². The smallest absolute Gasteiger partial charge is 0.220 e. The van der Waals surface area contributed by atoms with Crippen LogP contribution < -0.4 is 10.6 Å². The summed E-state index contributed by atoms with van der Waals surface area (Å²) in [4.78, 5) is 12.4. The number of carbonyl (C=O) groups is 1. The maximum Gasteiger partial charge on any atom is 0.220 e. The molecular weight excluding hydrogens is 308 g/mol. The molecule has 1 heterocycles. The summed E-state index contributed by atoms with van der Waals surface area (Å²) in [6, 6.07) is 8.12. The Labute approximate surface area is 144 Å². The number of hydrogen-bond donors (Lipinski definition) is 2. The topological polar surface area (TPSA) is 41.1 Å². The number of nitrogens with one attached hydrogen (secondary N) is 2. The second-order valence-corrected chi connectivity index (χ2v) is 7.48. The van der Waals surface area contributed by atoms with Crippen LogP contribution in [0.3, 0.4) is 0 Å². The monoisotopic (exact) mass is 334 g/mol. The van der Waals surface area contributed by atoms with Crippen LogP contribution in [0.1, 0.15) is 56.6 Å². The summed E-state index contributed by atoms with van der Waals surface area (Å²) in [6.07, 6.45) is 7.81. The average molecular weight is 335 g/mol. The number of rotatable bonds is 6. The van der Waals surface area contributed by atoms with Gasteiger partial charge in [0.1, 0.15) is 0 Å². The van der Waals surface area contributed by atoms with Crippen LogP contribution in [0.4, 0.5) is 0 Å². The van der Waals surface area contributed by atoms with E-state index in [0.29, 0.717) is 18.3 Å². The lowest BCUT2D eigenvalue weighted by Gasteiger charge is -2.25. The fraction of sp³-hybridized carbons (Fsp3) is 0.632. The summed E-state index contributed by atoms with van der Waals surface area (Å²) in [5.41, 5.74) is 1.19. The largest absolute Gasteiger partial charge is 0.349 e. The first-order valence-corrected chi connectivity index (χ1v) is 9.36. The van der Waals surface area contributed by atoms with E-state index >= 15 is 0 Å². The first kappa shape index (κ1) is 16.8. The van der Waals surface area contributed by atoms with Gasteiger partial charge in [-0.1, -0.05) is 36.6 Å². The van der Waals surface area contributed by atoms with Crippen LogP contribution in [0.2, 0.25) is 5.02 Å². The predicted octanol–water partition coefficient (Wildman–Crippen LogP) is 4.08. The summed E-state index contributed by atoms with van der Waals surface area (Å²) in [7, 11) is 0. The van der Waals surface area contributed by atoms with Crippen LogP contribution in [0.5, 0.6) is 0 Å². The number of amides is 1. The van der Waals surface area contributed by atoms with E-state index in [-0.39, 0.29) is 11.9 Å². The number of carbonyl (C=O) groups excluding carboxylic acids is 1. The van der Waals surface area contributed by atoms with Crippen LogP contribution in [0, 0.1) is 11.8 Å². The van der Waals surface area contributed by atoms with Gasteiger partial charge in [-0.25, -0.2) is 0 Å². The quantitative estimate of drug-likeness (QED) is 0.823. The van der Waals surface area contributed by atoms with E-state index in [2.05, 4.69) is 22.8 Å². The number of hydrogen-bond acceptors (Lipinski definition) is 2. The van der Waals surface area contributed by atoms with Crippen molar-refractivity contribution >= 4 is 17.5 Å².